The molecular weight excluding hydrogens is 544 g/mol. The number of carbonyl (C=O) groups is 5. The zero-order valence-electron chi connectivity index (χ0n) is 23.3. The summed E-state index contributed by atoms with van der Waals surface area (Å²) < 4.78 is 0. The molecule has 4 unspecified atom stereocenters. The number of primary amides is 1. The monoisotopic (exact) mass is 584 g/mol. The number of carbonyl (C=O) groups excluding carboxylic acids is 4. The molecule has 0 fully saturated rings. The second-order valence-electron chi connectivity index (χ2n) is 9.98. The third-order valence-corrected chi connectivity index (χ3v) is 6.52. The van der Waals surface area contributed by atoms with Crippen molar-refractivity contribution in [2.45, 2.75) is 69.1 Å². The molecule has 13 nitrogen and oxygen atoms in total. The van der Waals surface area contributed by atoms with Crippen molar-refractivity contribution < 1.29 is 34.2 Å². The first kappa shape index (κ1) is 33.7. The molecule has 0 saturated carbocycles. The molecule has 0 bridgehead atoms. The number of carboxylic acids is 1. The van der Waals surface area contributed by atoms with Crippen LogP contribution < -0.4 is 33.2 Å². The van der Waals surface area contributed by atoms with E-state index in [2.05, 4.69) is 16.0 Å². The molecule has 0 aliphatic heterocycles. The first-order valence-corrected chi connectivity index (χ1v) is 13.7. The number of phenolic OH excluding ortho intramolecular Hbond substituents is 1. The third-order valence-electron chi connectivity index (χ3n) is 6.52. The Morgan fingerprint density at radius 3 is 1.76 bits per heavy atom. The maximum atomic E-state index is 13.6. The topological polar surface area (TPSA) is 240 Å². The Balaban J connectivity index is 2.29. The summed E-state index contributed by atoms with van der Waals surface area (Å²) in [6.07, 6.45) is 1.10. The summed E-state index contributed by atoms with van der Waals surface area (Å²) >= 11 is 0. The predicted octanol–water partition coefficient (Wildman–Crippen LogP) is -0.562. The summed E-state index contributed by atoms with van der Waals surface area (Å²) in [6, 6.07) is 10.1. The van der Waals surface area contributed by atoms with Crippen LogP contribution in [0, 0.1) is 0 Å². The molecule has 0 saturated heterocycles. The molecule has 42 heavy (non-hydrogen) atoms. The van der Waals surface area contributed by atoms with Crippen LogP contribution in [-0.2, 0) is 36.8 Å². The van der Waals surface area contributed by atoms with Crippen LogP contribution in [0.2, 0.25) is 0 Å². The molecule has 13 heteroatoms. The van der Waals surface area contributed by atoms with E-state index in [9.17, 15) is 34.2 Å². The molecule has 0 heterocycles. The van der Waals surface area contributed by atoms with E-state index in [0.29, 0.717) is 30.5 Å². The lowest BCUT2D eigenvalue weighted by Crippen LogP contribution is -2.58. The van der Waals surface area contributed by atoms with Crippen molar-refractivity contribution in [1.82, 2.24) is 16.0 Å². The first-order valence-electron chi connectivity index (χ1n) is 13.7. The van der Waals surface area contributed by atoms with E-state index in [1.807, 2.05) is 0 Å². The number of benzene rings is 2. The van der Waals surface area contributed by atoms with Gasteiger partial charge in [0.2, 0.25) is 23.6 Å². The average Bonchev–Trinajstić information content (AvgIpc) is 2.96. The van der Waals surface area contributed by atoms with E-state index >= 15 is 0 Å². The molecule has 4 amide bonds. The Morgan fingerprint density at radius 1 is 0.714 bits per heavy atom. The van der Waals surface area contributed by atoms with Crippen molar-refractivity contribution in [2.24, 2.45) is 17.2 Å². The van der Waals surface area contributed by atoms with Gasteiger partial charge in [-0.3, -0.25) is 19.2 Å². The highest BCUT2D eigenvalue weighted by atomic mass is 16.4. The summed E-state index contributed by atoms with van der Waals surface area (Å²) in [5.41, 5.74) is 17.8. The molecule has 2 aromatic carbocycles. The van der Waals surface area contributed by atoms with E-state index in [0.717, 1.165) is 0 Å². The minimum Gasteiger partial charge on any atom is -0.508 e. The van der Waals surface area contributed by atoms with Gasteiger partial charge < -0.3 is 43.4 Å². The second kappa shape index (κ2) is 17.4. The quantitative estimate of drug-likeness (QED) is 0.105. The van der Waals surface area contributed by atoms with Crippen molar-refractivity contribution in [3.8, 4) is 5.75 Å². The number of aliphatic carboxylic acids is 1. The van der Waals surface area contributed by atoms with E-state index < -0.39 is 53.8 Å². The van der Waals surface area contributed by atoms with Gasteiger partial charge in [-0.05, 0) is 55.5 Å². The van der Waals surface area contributed by atoms with Crippen molar-refractivity contribution in [2.75, 3.05) is 6.54 Å². The maximum Gasteiger partial charge on any atom is 0.326 e. The highest BCUT2D eigenvalue weighted by Gasteiger charge is 2.30. The second-order valence-corrected chi connectivity index (χ2v) is 9.98. The van der Waals surface area contributed by atoms with E-state index in [1.54, 1.807) is 42.5 Å². The maximum absolute atomic E-state index is 13.6. The molecule has 0 spiro atoms. The number of phenols is 1. The number of aromatic hydroxyl groups is 1. The van der Waals surface area contributed by atoms with Crippen LogP contribution in [0.15, 0.2) is 54.6 Å². The van der Waals surface area contributed by atoms with Gasteiger partial charge in [0, 0.05) is 19.3 Å². The van der Waals surface area contributed by atoms with Gasteiger partial charge in [-0.25, -0.2) is 4.79 Å². The zero-order valence-corrected chi connectivity index (χ0v) is 23.3. The molecule has 0 aliphatic carbocycles. The SMILES string of the molecule is NCCCCC(NC(=O)C(Cc1ccccc1)NC(=O)C(Cc1ccc(O)cc1)NC(=O)C(N)CCC(N)=O)C(=O)O. The van der Waals surface area contributed by atoms with Crippen LogP contribution in [0.25, 0.3) is 0 Å². The zero-order chi connectivity index (χ0) is 31.1. The smallest absolute Gasteiger partial charge is 0.326 e. The fraction of sp³-hybridized carbons (Fsp3) is 0.414. The highest BCUT2D eigenvalue weighted by molar-refractivity contribution is 5.94. The number of hydrogen-bond acceptors (Lipinski definition) is 8. The lowest BCUT2D eigenvalue weighted by Gasteiger charge is -2.25. The van der Waals surface area contributed by atoms with Gasteiger partial charge >= 0.3 is 5.97 Å². The van der Waals surface area contributed by atoms with Gasteiger partial charge in [0.25, 0.3) is 0 Å². The Kier molecular flexibility index (Phi) is 13.9. The lowest BCUT2D eigenvalue weighted by molar-refractivity contribution is -0.142. The largest absolute Gasteiger partial charge is 0.508 e. The number of nitrogens with one attached hydrogen (secondary N) is 3. The Labute approximate surface area is 244 Å². The van der Waals surface area contributed by atoms with Crippen LogP contribution in [0.1, 0.15) is 43.2 Å². The number of rotatable bonds is 18. The Bertz CT molecular complexity index is 1190. The van der Waals surface area contributed by atoms with Gasteiger partial charge in [-0.2, -0.15) is 0 Å². The molecule has 11 N–H and O–H groups in total. The molecule has 0 aromatic heterocycles. The standard InChI is InChI=1S/C29H40N6O7/c30-15-5-4-8-22(29(41)42)33-27(39)24(16-18-6-2-1-3-7-18)35-28(40)23(17-19-9-11-20(36)12-10-19)34-26(38)21(31)13-14-25(32)37/h1-3,6-7,9-12,21-24,36H,4-5,8,13-17,30-31H2,(H2,32,37)(H,33,39)(H,34,38)(H,35,40)(H,41,42). The highest BCUT2D eigenvalue weighted by Crippen LogP contribution is 2.13. The molecule has 0 radical (unpaired) electrons. The minimum absolute atomic E-state index is 0.0105. The molecule has 4 atom stereocenters. The number of hydrogen-bond donors (Lipinski definition) is 8. The summed E-state index contributed by atoms with van der Waals surface area (Å²) in [6.45, 7) is 0.382. The number of unbranched alkanes of at least 4 members (excludes halogenated alkanes) is 1. The van der Waals surface area contributed by atoms with Crippen LogP contribution >= 0.6 is 0 Å². The summed E-state index contributed by atoms with van der Waals surface area (Å²) in [4.78, 5) is 62.7. The van der Waals surface area contributed by atoms with Crippen LogP contribution in [-0.4, -0.2) is 70.5 Å². The minimum atomic E-state index is -1.22. The summed E-state index contributed by atoms with van der Waals surface area (Å²) in [5.74, 6) is -3.96. The Morgan fingerprint density at radius 2 is 1.24 bits per heavy atom. The van der Waals surface area contributed by atoms with Gasteiger partial charge in [-0.1, -0.05) is 42.5 Å². The van der Waals surface area contributed by atoms with Gasteiger partial charge in [-0.15, -0.1) is 0 Å². The molecule has 2 aromatic rings. The van der Waals surface area contributed by atoms with Crippen LogP contribution in [0.5, 0.6) is 5.75 Å². The predicted molar refractivity (Wildman–Crippen MR) is 155 cm³/mol. The van der Waals surface area contributed by atoms with E-state index in [4.69, 9.17) is 17.2 Å². The molecule has 0 aliphatic rings. The van der Waals surface area contributed by atoms with E-state index in [-0.39, 0.29) is 37.9 Å². The average molecular weight is 585 g/mol. The van der Waals surface area contributed by atoms with Gasteiger partial charge in [0.1, 0.15) is 23.9 Å². The third kappa shape index (κ3) is 11.9. The first-order chi connectivity index (χ1) is 20.0. The number of carboxylic acid groups (broad SMARTS) is 1. The van der Waals surface area contributed by atoms with Crippen LogP contribution in [0.3, 0.4) is 0 Å². The van der Waals surface area contributed by atoms with Crippen molar-refractivity contribution in [1.29, 1.82) is 0 Å². The Hall–Kier alpha value is -4.49. The molecule has 2 rings (SSSR count). The summed E-state index contributed by atoms with van der Waals surface area (Å²) in [7, 11) is 0. The lowest BCUT2D eigenvalue weighted by atomic mass is 10.0. The number of nitrogens with two attached hydrogens (primary N) is 3. The van der Waals surface area contributed by atoms with Crippen molar-refractivity contribution in [3.05, 3.63) is 65.7 Å². The number of amides is 4. The normalized spacial score (nSPS) is 13.7. The van der Waals surface area contributed by atoms with Crippen LogP contribution in [0.4, 0.5) is 0 Å². The van der Waals surface area contributed by atoms with E-state index in [1.165, 1.54) is 12.1 Å². The van der Waals surface area contributed by atoms with Crippen molar-refractivity contribution >= 4 is 29.6 Å². The van der Waals surface area contributed by atoms with Crippen molar-refractivity contribution in [3.63, 3.8) is 0 Å². The van der Waals surface area contributed by atoms with Gasteiger partial charge in [0.15, 0.2) is 0 Å². The summed E-state index contributed by atoms with van der Waals surface area (Å²) in [5, 5.41) is 27.0. The molecule has 228 valence electrons. The van der Waals surface area contributed by atoms with Gasteiger partial charge in [0.05, 0.1) is 6.04 Å². The molecular formula is C29H40N6O7. The fourth-order valence-electron chi connectivity index (χ4n) is 4.14. The fourth-order valence-corrected chi connectivity index (χ4v) is 4.14.